The number of nitrogens with zero attached hydrogens (tertiary/aromatic N) is 7. The minimum absolute atomic E-state index is 0.0717. The molecule has 0 spiro atoms. The van der Waals surface area contributed by atoms with Crippen LogP contribution in [-0.4, -0.2) is 75.6 Å². The van der Waals surface area contributed by atoms with Gasteiger partial charge in [-0.3, -0.25) is 19.3 Å². The molecule has 3 heterocycles. The number of hydrogen-bond acceptors (Lipinski definition) is 4. The van der Waals surface area contributed by atoms with Crippen molar-refractivity contribution in [2.45, 2.75) is 19.6 Å². The molecule has 3 aromatic rings. The third kappa shape index (κ3) is 10.3. The van der Waals surface area contributed by atoms with Crippen molar-refractivity contribution in [2.24, 2.45) is 21.1 Å². The monoisotopic (exact) mass is 515 g/mol. The highest BCUT2D eigenvalue weighted by Gasteiger charge is 2.13. The van der Waals surface area contributed by atoms with Gasteiger partial charge in [0.05, 0.1) is 21.1 Å². The normalized spacial score (nSPS) is 11.0. The van der Waals surface area contributed by atoms with Crippen molar-refractivity contribution < 1.29 is 28.1 Å². The fourth-order valence-electron chi connectivity index (χ4n) is 3.85. The summed E-state index contributed by atoms with van der Waals surface area (Å²) < 4.78 is 11.1. The zero-order valence-electron chi connectivity index (χ0n) is 21.9. The van der Waals surface area contributed by atoms with Gasteiger partial charge in [-0.1, -0.05) is 0 Å². The van der Waals surface area contributed by atoms with Crippen LogP contribution < -0.4 is 29.7 Å². The summed E-state index contributed by atoms with van der Waals surface area (Å²) in [5.74, 6) is -0.215. The number of amides is 3. The van der Waals surface area contributed by atoms with Crippen molar-refractivity contribution >= 4 is 17.7 Å². The van der Waals surface area contributed by atoms with Crippen molar-refractivity contribution in [3.8, 4) is 0 Å². The molecule has 0 aliphatic rings. The fourth-order valence-corrected chi connectivity index (χ4v) is 3.85. The molecule has 3 rings (SSSR count). The molecule has 3 N–H and O–H groups in total. The Morgan fingerprint density at radius 1 is 0.595 bits per heavy atom. The van der Waals surface area contributed by atoms with E-state index in [0.717, 1.165) is 0 Å². The Hall–Kier alpha value is -4.00. The first kappa shape index (κ1) is 27.6. The second-order valence-corrected chi connectivity index (χ2v) is 9.15. The van der Waals surface area contributed by atoms with Crippen LogP contribution in [0.2, 0.25) is 0 Å². The van der Waals surface area contributed by atoms with E-state index in [4.69, 9.17) is 0 Å². The summed E-state index contributed by atoms with van der Waals surface area (Å²) in [4.78, 5) is 38.9. The lowest BCUT2D eigenvalue weighted by atomic mass is 10.4. The summed E-state index contributed by atoms with van der Waals surface area (Å²) in [5, 5.41) is 8.83. The van der Waals surface area contributed by atoms with Crippen LogP contribution in [0.25, 0.3) is 0 Å². The van der Waals surface area contributed by atoms with Crippen LogP contribution in [0, 0.1) is 0 Å². The van der Waals surface area contributed by atoms with Gasteiger partial charge in [-0.05, 0) is 0 Å². The molecule has 0 fully saturated rings. The van der Waals surface area contributed by atoms with Crippen molar-refractivity contribution in [2.75, 3.05) is 39.3 Å². The van der Waals surface area contributed by atoms with E-state index < -0.39 is 0 Å². The largest absolute Gasteiger partial charge is 0.351 e. The predicted molar refractivity (Wildman–Crippen MR) is 132 cm³/mol. The predicted octanol–water partition coefficient (Wildman–Crippen LogP) is -3.38. The van der Waals surface area contributed by atoms with Gasteiger partial charge in [-0.2, -0.15) is 0 Å². The Kier molecular flexibility index (Phi) is 10.4. The van der Waals surface area contributed by atoms with Crippen LogP contribution in [0.15, 0.2) is 56.2 Å². The van der Waals surface area contributed by atoms with Gasteiger partial charge in [0.15, 0.2) is 19.6 Å². The molecular weight excluding hydrogens is 476 g/mol. The van der Waals surface area contributed by atoms with Gasteiger partial charge < -0.3 is 16.0 Å². The van der Waals surface area contributed by atoms with Crippen LogP contribution >= 0.6 is 0 Å². The van der Waals surface area contributed by atoms with Crippen molar-refractivity contribution in [3.63, 3.8) is 0 Å². The van der Waals surface area contributed by atoms with Crippen molar-refractivity contribution in [3.05, 3.63) is 56.2 Å². The lowest BCUT2D eigenvalue weighted by molar-refractivity contribution is -0.684. The van der Waals surface area contributed by atoms with Crippen molar-refractivity contribution in [1.82, 2.24) is 34.6 Å². The number of rotatable bonds is 15. The average Bonchev–Trinajstić information content (AvgIpc) is 3.55. The lowest BCUT2D eigenvalue weighted by Crippen LogP contribution is -2.47. The van der Waals surface area contributed by atoms with Gasteiger partial charge >= 0.3 is 0 Å². The molecule has 0 aromatic carbocycles. The summed E-state index contributed by atoms with van der Waals surface area (Å²) in [6, 6.07) is 0. The molecule has 37 heavy (non-hydrogen) atoms. The van der Waals surface area contributed by atoms with E-state index in [-0.39, 0.29) is 37.4 Å². The van der Waals surface area contributed by atoms with E-state index in [2.05, 4.69) is 20.9 Å². The maximum atomic E-state index is 12.3. The molecule has 0 saturated carbocycles. The molecule has 0 saturated heterocycles. The van der Waals surface area contributed by atoms with Gasteiger partial charge in [0.25, 0.3) is 17.7 Å². The lowest BCUT2D eigenvalue weighted by Gasteiger charge is -2.22. The number of imidazole rings is 3. The maximum Gasteiger partial charge on any atom is 0.262 e. The zero-order chi connectivity index (χ0) is 26.6. The highest BCUT2D eigenvalue weighted by Crippen LogP contribution is 1.88. The first-order valence-corrected chi connectivity index (χ1v) is 12.3. The number of carbonyl (C=O) groups excluding carboxylic acids is 3. The van der Waals surface area contributed by atoms with Gasteiger partial charge in [0, 0.05) is 39.3 Å². The molecule has 13 nitrogen and oxygen atoms in total. The molecule has 0 radical (unpaired) electrons. The zero-order valence-corrected chi connectivity index (χ0v) is 21.9. The third-order valence-corrected chi connectivity index (χ3v) is 5.70. The topological polar surface area (TPSA) is 117 Å². The van der Waals surface area contributed by atoms with Crippen LogP contribution in [0.3, 0.4) is 0 Å². The number of carbonyl (C=O) groups is 3. The molecule has 0 aliphatic carbocycles. The fraction of sp³-hybridized carbons (Fsp3) is 0.500. The van der Waals surface area contributed by atoms with Gasteiger partial charge in [-0.25, -0.2) is 27.4 Å². The molecule has 0 aliphatic heterocycles. The minimum Gasteiger partial charge on any atom is -0.351 e. The van der Waals surface area contributed by atoms with E-state index in [1.54, 1.807) is 0 Å². The smallest absolute Gasteiger partial charge is 0.262 e. The minimum atomic E-state index is -0.0717. The number of nitrogens with one attached hydrogen (secondary N) is 3. The van der Waals surface area contributed by atoms with Crippen LogP contribution in [0.1, 0.15) is 0 Å². The van der Waals surface area contributed by atoms with E-state index in [9.17, 15) is 14.4 Å². The molecule has 0 bridgehead atoms. The highest BCUT2D eigenvalue weighted by molar-refractivity contribution is 5.75. The Balaban J connectivity index is 1.41. The standard InChI is InChI=1S/C24H36N10O3/c1-28-10-13-32(19-28)16-22(35)25-4-7-31(8-5-26-23(36)17-33-14-11-29(2)20-33)9-6-27-24(37)18-34-15-12-30(3)21-34/h10-15,19-21H,4-9,16-18H2,1-3H3/p+3. The number of aryl methyl sites for hydroxylation is 3. The first-order valence-electron chi connectivity index (χ1n) is 12.3. The van der Waals surface area contributed by atoms with E-state index >= 15 is 0 Å². The van der Waals surface area contributed by atoms with E-state index in [1.807, 2.05) is 105 Å². The summed E-state index contributed by atoms with van der Waals surface area (Å²) in [6.07, 6.45) is 16.7. The molecular formula is C24H39N10O3+3. The third-order valence-electron chi connectivity index (χ3n) is 5.70. The Morgan fingerprint density at radius 2 is 0.892 bits per heavy atom. The summed E-state index contributed by atoms with van der Waals surface area (Å²) >= 11 is 0. The van der Waals surface area contributed by atoms with Crippen LogP contribution in [0.4, 0.5) is 0 Å². The summed E-state index contributed by atoms with van der Waals surface area (Å²) in [5.41, 5.74) is 0. The number of aromatic nitrogens is 6. The summed E-state index contributed by atoms with van der Waals surface area (Å²) in [7, 11) is 5.71. The quantitative estimate of drug-likeness (QED) is 0.183. The number of hydrogen-bond donors (Lipinski definition) is 3. The Bertz CT molecular complexity index is 1020. The Labute approximate surface area is 216 Å². The first-order chi connectivity index (χ1) is 17.8. The molecule has 3 aromatic heterocycles. The molecule has 13 heteroatoms. The highest BCUT2D eigenvalue weighted by atomic mass is 16.2. The average molecular weight is 516 g/mol. The molecule has 0 atom stereocenters. The van der Waals surface area contributed by atoms with Crippen LogP contribution in [0.5, 0.6) is 0 Å². The molecule has 0 unspecified atom stereocenters. The van der Waals surface area contributed by atoms with Gasteiger partial charge in [-0.15, -0.1) is 0 Å². The van der Waals surface area contributed by atoms with Gasteiger partial charge in [0.1, 0.15) is 37.2 Å². The SMILES string of the molecule is Cn1cc[n+](CC(=O)NCCN(CCNC(=O)C[n+]2ccn(C)c2)CCNC(=O)C[n+]2ccn(C)c2)c1. The van der Waals surface area contributed by atoms with E-state index in [0.29, 0.717) is 39.3 Å². The van der Waals surface area contributed by atoms with Crippen LogP contribution in [-0.2, 0) is 55.2 Å². The second-order valence-electron chi connectivity index (χ2n) is 9.15. The Morgan fingerprint density at radius 3 is 1.14 bits per heavy atom. The molecule has 200 valence electrons. The van der Waals surface area contributed by atoms with Crippen molar-refractivity contribution in [1.29, 1.82) is 0 Å². The van der Waals surface area contributed by atoms with E-state index in [1.165, 1.54) is 0 Å². The second kappa shape index (κ2) is 13.9. The van der Waals surface area contributed by atoms with Gasteiger partial charge in [0.2, 0.25) is 19.0 Å². The summed E-state index contributed by atoms with van der Waals surface area (Å²) in [6.45, 7) is 3.94. The molecule has 3 amide bonds. The maximum absolute atomic E-state index is 12.3.